The van der Waals surface area contributed by atoms with Crippen molar-refractivity contribution in [1.82, 2.24) is 4.90 Å². The lowest BCUT2D eigenvalue weighted by molar-refractivity contribution is -0.118. The summed E-state index contributed by atoms with van der Waals surface area (Å²) in [6.45, 7) is 3.35. The average Bonchev–Trinajstić information content (AvgIpc) is 2.98. The molecule has 0 saturated carbocycles. The van der Waals surface area contributed by atoms with Gasteiger partial charge >= 0.3 is 5.97 Å². The molecule has 1 aromatic carbocycles. The molecule has 0 fully saturated rings. The molecule has 2 heterocycles. The summed E-state index contributed by atoms with van der Waals surface area (Å²) in [5.74, 6) is -0.796. The van der Waals surface area contributed by atoms with Gasteiger partial charge in [-0.1, -0.05) is 0 Å². The van der Waals surface area contributed by atoms with E-state index < -0.39 is 11.9 Å². The molecule has 1 N–H and O–H groups in total. The van der Waals surface area contributed by atoms with Gasteiger partial charge in [-0.2, -0.15) is 0 Å². The summed E-state index contributed by atoms with van der Waals surface area (Å²) >= 11 is 1.39. The number of nitrogens with one attached hydrogen (secondary N) is 1. The van der Waals surface area contributed by atoms with Crippen LogP contribution >= 0.6 is 23.7 Å². The maximum atomic E-state index is 12.9. The van der Waals surface area contributed by atoms with Gasteiger partial charge in [0, 0.05) is 18.0 Å². The van der Waals surface area contributed by atoms with Crippen LogP contribution in [0.2, 0.25) is 0 Å². The number of rotatable bonds is 6. The zero-order valence-corrected chi connectivity index (χ0v) is 17.3. The number of hydrogen-bond donors (Lipinski definition) is 1. The first-order chi connectivity index (χ1) is 13.0. The van der Waals surface area contributed by atoms with Crippen molar-refractivity contribution in [3.8, 4) is 5.75 Å². The molecule has 3 rings (SSSR count). The lowest BCUT2D eigenvalue weighted by atomic mass is 10.0. The van der Waals surface area contributed by atoms with Crippen molar-refractivity contribution in [2.75, 3.05) is 32.1 Å². The molecule has 0 radical (unpaired) electrons. The lowest BCUT2D eigenvalue weighted by Crippen LogP contribution is -2.26. The zero-order valence-electron chi connectivity index (χ0n) is 15.6. The van der Waals surface area contributed by atoms with Crippen molar-refractivity contribution in [3.05, 3.63) is 46.1 Å². The van der Waals surface area contributed by atoms with E-state index in [1.54, 1.807) is 6.92 Å². The van der Waals surface area contributed by atoms with E-state index in [0.717, 1.165) is 30.0 Å². The fourth-order valence-electron chi connectivity index (χ4n) is 2.88. The average molecular weight is 429 g/mol. The van der Waals surface area contributed by atoms with Gasteiger partial charge in [0.1, 0.15) is 16.6 Å². The number of thiophene rings is 1. The van der Waals surface area contributed by atoms with E-state index >= 15 is 0 Å². The highest BCUT2D eigenvalue weighted by Gasteiger charge is 2.28. The molecule has 0 spiro atoms. The maximum Gasteiger partial charge on any atom is 0.341 e. The van der Waals surface area contributed by atoms with E-state index in [2.05, 4.69) is 10.2 Å². The minimum Gasteiger partial charge on any atom is -0.484 e. The molecule has 0 saturated heterocycles. The van der Waals surface area contributed by atoms with Crippen LogP contribution in [0.5, 0.6) is 5.75 Å². The predicted molar refractivity (Wildman–Crippen MR) is 108 cm³/mol. The quantitative estimate of drug-likeness (QED) is 0.713. The van der Waals surface area contributed by atoms with Crippen LogP contribution < -0.4 is 10.1 Å². The second kappa shape index (κ2) is 9.86. The van der Waals surface area contributed by atoms with Crippen molar-refractivity contribution in [3.63, 3.8) is 0 Å². The standard InChI is InChI=1S/C19H21FN2O4S.ClH/c1-3-25-19(24)17-14-8-9-22(2)10-15(14)27-18(17)21-16(23)11-26-13-6-4-12(20)5-7-13;/h4-7H,3,8-11H2,1-2H3,(H,21,23);1H. The number of anilines is 1. The third-order valence-electron chi connectivity index (χ3n) is 4.16. The largest absolute Gasteiger partial charge is 0.484 e. The Bertz CT molecular complexity index is 841. The molecule has 1 aliphatic heterocycles. The first-order valence-corrected chi connectivity index (χ1v) is 9.48. The molecule has 152 valence electrons. The number of benzene rings is 1. The molecule has 28 heavy (non-hydrogen) atoms. The maximum absolute atomic E-state index is 12.9. The summed E-state index contributed by atoms with van der Waals surface area (Å²) in [6, 6.07) is 5.42. The summed E-state index contributed by atoms with van der Waals surface area (Å²) in [5, 5.41) is 3.25. The van der Waals surface area contributed by atoms with Crippen molar-refractivity contribution in [2.45, 2.75) is 19.9 Å². The number of halogens is 2. The van der Waals surface area contributed by atoms with Gasteiger partial charge in [-0.15, -0.1) is 23.7 Å². The number of carbonyl (C=O) groups excluding carboxylic acids is 2. The zero-order chi connectivity index (χ0) is 19.4. The number of likely N-dealkylation sites (N-methyl/N-ethyl adjacent to an activating group) is 1. The Morgan fingerprint density at radius 3 is 2.68 bits per heavy atom. The van der Waals surface area contributed by atoms with Crippen LogP contribution in [0.25, 0.3) is 0 Å². The van der Waals surface area contributed by atoms with Crippen molar-refractivity contribution in [1.29, 1.82) is 0 Å². The molecular weight excluding hydrogens is 407 g/mol. The van der Waals surface area contributed by atoms with Crippen LogP contribution in [0.15, 0.2) is 24.3 Å². The number of fused-ring (bicyclic) bond motifs is 1. The van der Waals surface area contributed by atoms with Gasteiger partial charge in [0.2, 0.25) is 0 Å². The molecular formula is C19H22ClFN2O4S. The van der Waals surface area contributed by atoms with E-state index in [1.165, 1.54) is 35.6 Å². The van der Waals surface area contributed by atoms with E-state index in [0.29, 0.717) is 16.3 Å². The fourth-order valence-corrected chi connectivity index (χ4v) is 4.21. The Morgan fingerprint density at radius 1 is 1.29 bits per heavy atom. The van der Waals surface area contributed by atoms with Crippen LogP contribution in [0.4, 0.5) is 9.39 Å². The van der Waals surface area contributed by atoms with Crippen LogP contribution in [-0.4, -0.2) is 43.6 Å². The first kappa shape index (κ1) is 22.1. The Labute approximate surface area is 173 Å². The van der Waals surface area contributed by atoms with E-state index in [9.17, 15) is 14.0 Å². The van der Waals surface area contributed by atoms with Crippen LogP contribution in [0, 0.1) is 5.82 Å². The van der Waals surface area contributed by atoms with Crippen LogP contribution in [-0.2, 0) is 22.5 Å². The van der Waals surface area contributed by atoms with Gasteiger partial charge in [-0.05, 0) is 50.2 Å². The normalized spacial score (nSPS) is 13.2. The van der Waals surface area contributed by atoms with E-state index in [4.69, 9.17) is 9.47 Å². The van der Waals surface area contributed by atoms with Crippen LogP contribution in [0.3, 0.4) is 0 Å². The molecule has 2 aromatic rings. The molecule has 0 atom stereocenters. The Kier molecular flexibility index (Phi) is 7.79. The monoisotopic (exact) mass is 428 g/mol. The molecule has 0 unspecified atom stereocenters. The van der Waals surface area contributed by atoms with Gasteiger partial charge in [-0.25, -0.2) is 9.18 Å². The molecule has 9 heteroatoms. The van der Waals surface area contributed by atoms with Gasteiger partial charge in [0.25, 0.3) is 5.91 Å². The van der Waals surface area contributed by atoms with Crippen molar-refractivity contribution >= 4 is 40.6 Å². The highest BCUT2D eigenvalue weighted by molar-refractivity contribution is 7.17. The van der Waals surface area contributed by atoms with Gasteiger partial charge in [0.15, 0.2) is 6.61 Å². The number of ether oxygens (including phenoxy) is 2. The molecule has 0 aliphatic carbocycles. The predicted octanol–water partition coefficient (Wildman–Crippen LogP) is 3.49. The summed E-state index contributed by atoms with van der Waals surface area (Å²) in [6.07, 6.45) is 0.735. The second-order valence-corrected chi connectivity index (χ2v) is 7.31. The van der Waals surface area contributed by atoms with Gasteiger partial charge in [0.05, 0.1) is 12.2 Å². The van der Waals surface area contributed by atoms with Gasteiger partial charge < -0.3 is 19.7 Å². The highest BCUT2D eigenvalue weighted by atomic mass is 35.5. The molecule has 1 aliphatic rings. The third-order valence-corrected chi connectivity index (χ3v) is 5.30. The van der Waals surface area contributed by atoms with Gasteiger partial charge in [-0.3, -0.25) is 4.79 Å². The molecule has 6 nitrogen and oxygen atoms in total. The van der Waals surface area contributed by atoms with Crippen molar-refractivity contribution < 1.29 is 23.5 Å². The van der Waals surface area contributed by atoms with Crippen LogP contribution in [0.1, 0.15) is 27.7 Å². The Balaban J connectivity index is 0.00000280. The molecule has 1 aromatic heterocycles. The first-order valence-electron chi connectivity index (χ1n) is 8.66. The van der Waals surface area contributed by atoms with E-state index in [1.807, 2.05) is 7.05 Å². The number of hydrogen-bond acceptors (Lipinski definition) is 6. The fraction of sp³-hybridized carbons (Fsp3) is 0.368. The Morgan fingerprint density at radius 2 is 2.00 bits per heavy atom. The lowest BCUT2D eigenvalue weighted by Gasteiger charge is -2.22. The summed E-state index contributed by atoms with van der Waals surface area (Å²) in [4.78, 5) is 27.9. The smallest absolute Gasteiger partial charge is 0.341 e. The molecule has 0 bridgehead atoms. The number of esters is 1. The Hall–Kier alpha value is -2.16. The summed E-state index contributed by atoms with van der Waals surface area (Å²) < 4.78 is 23.5. The number of amides is 1. The number of carbonyl (C=O) groups is 2. The SMILES string of the molecule is CCOC(=O)c1c(NC(=O)COc2ccc(F)cc2)sc2c1CCN(C)C2.Cl. The second-order valence-electron chi connectivity index (χ2n) is 6.21. The third kappa shape index (κ3) is 5.21. The molecule has 1 amide bonds. The summed E-state index contributed by atoms with van der Waals surface area (Å²) in [5.41, 5.74) is 1.39. The minimum atomic E-state index is -0.422. The summed E-state index contributed by atoms with van der Waals surface area (Å²) in [7, 11) is 2.02. The highest BCUT2D eigenvalue weighted by Crippen LogP contribution is 2.37. The number of nitrogens with zero attached hydrogens (tertiary/aromatic N) is 1. The minimum absolute atomic E-state index is 0. The van der Waals surface area contributed by atoms with Crippen molar-refractivity contribution in [2.24, 2.45) is 0 Å². The van der Waals surface area contributed by atoms with E-state index in [-0.39, 0.29) is 31.4 Å². The topological polar surface area (TPSA) is 67.9 Å².